The molecule has 1 aliphatic heterocycles. The molecule has 0 radical (unpaired) electrons. The Kier molecular flexibility index (Phi) is 3.65. The Balaban J connectivity index is 2.10. The van der Waals surface area contributed by atoms with Crippen molar-refractivity contribution in [1.29, 1.82) is 5.26 Å². The highest BCUT2D eigenvalue weighted by Crippen LogP contribution is 2.24. The molecule has 0 aliphatic carbocycles. The lowest BCUT2D eigenvalue weighted by Gasteiger charge is -2.32. The molecule has 3 nitrogen and oxygen atoms in total. The van der Waals surface area contributed by atoms with E-state index in [0.29, 0.717) is 0 Å². The fourth-order valence-corrected chi connectivity index (χ4v) is 2.35. The molecule has 1 heterocycles. The number of benzene rings is 1. The van der Waals surface area contributed by atoms with E-state index < -0.39 is 0 Å². The van der Waals surface area contributed by atoms with Crippen LogP contribution in [0.15, 0.2) is 24.3 Å². The van der Waals surface area contributed by atoms with E-state index in [0.717, 1.165) is 31.6 Å². The van der Waals surface area contributed by atoms with Crippen molar-refractivity contribution in [2.45, 2.75) is 31.2 Å². The first-order valence-electron chi connectivity index (χ1n) is 6.07. The van der Waals surface area contributed by atoms with Crippen LogP contribution >= 0.6 is 0 Å². The fraction of sp³-hybridized carbons (Fsp3) is 0.500. The molecule has 1 aromatic rings. The van der Waals surface area contributed by atoms with Gasteiger partial charge in [-0.15, -0.1) is 0 Å². The van der Waals surface area contributed by atoms with Crippen molar-refractivity contribution in [3.05, 3.63) is 29.8 Å². The maximum atomic E-state index is 9.37. The van der Waals surface area contributed by atoms with Gasteiger partial charge in [0.05, 0.1) is 13.2 Å². The quantitative estimate of drug-likeness (QED) is 0.866. The molecule has 90 valence electrons. The van der Waals surface area contributed by atoms with E-state index in [-0.39, 0.29) is 5.54 Å². The van der Waals surface area contributed by atoms with Gasteiger partial charge in [0.2, 0.25) is 0 Å². The summed E-state index contributed by atoms with van der Waals surface area (Å²) in [6.45, 7) is 0.948. The molecule has 1 atom stereocenters. The molecule has 0 saturated carbocycles. The van der Waals surface area contributed by atoms with E-state index in [1.165, 1.54) is 12.0 Å². The molecule has 0 bridgehead atoms. The molecule has 1 unspecified atom stereocenters. The van der Waals surface area contributed by atoms with Gasteiger partial charge in [-0.3, -0.25) is 5.32 Å². The number of piperidine rings is 1. The van der Waals surface area contributed by atoms with Crippen molar-refractivity contribution in [2.24, 2.45) is 0 Å². The van der Waals surface area contributed by atoms with Crippen molar-refractivity contribution >= 4 is 0 Å². The number of nitrogens with one attached hydrogen (secondary N) is 1. The lowest BCUT2D eigenvalue weighted by molar-refractivity contribution is 0.321. The zero-order chi connectivity index (χ0) is 12.1. The van der Waals surface area contributed by atoms with Crippen molar-refractivity contribution in [2.75, 3.05) is 13.7 Å². The van der Waals surface area contributed by atoms with Crippen LogP contribution in [0.4, 0.5) is 0 Å². The van der Waals surface area contributed by atoms with Crippen molar-refractivity contribution in [3.8, 4) is 11.8 Å². The van der Waals surface area contributed by atoms with E-state index in [1.807, 2.05) is 24.3 Å². The first kappa shape index (κ1) is 11.9. The second-order valence-electron chi connectivity index (χ2n) is 4.60. The molecule has 3 heteroatoms. The van der Waals surface area contributed by atoms with Gasteiger partial charge in [-0.2, -0.15) is 5.26 Å². The Morgan fingerprint density at radius 1 is 1.35 bits per heavy atom. The third-order valence-electron chi connectivity index (χ3n) is 3.37. The van der Waals surface area contributed by atoms with Crippen LogP contribution in [0.25, 0.3) is 0 Å². The molecule has 1 saturated heterocycles. The predicted octanol–water partition coefficient (Wildman–Crippen LogP) is 2.27. The second kappa shape index (κ2) is 5.20. The zero-order valence-corrected chi connectivity index (χ0v) is 10.2. The molecular formula is C14H18N2O. The highest BCUT2D eigenvalue weighted by Gasteiger charge is 2.31. The summed E-state index contributed by atoms with van der Waals surface area (Å²) in [6, 6.07) is 10.4. The third kappa shape index (κ3) is 2.78. The van der Waals surface area contributed by atoms with Gasteiger partial charge in [0.25, 0.3) is 0 Å². The molecule has 1 aromatic carbocycles. The Morgan fingerprint density at radius 3 is 2.65 bits per heavy atom. The second-order valence-corrected chi connectivity index (χ2v) is 4.60. The van der Waals surface area contributed by atoms with E-state index in [9.17, 15) is 5.26 Å². The normalized spacial score (nSPS) is 24.0. The van der Waals surface area contributed by atoms with Gasteiger partial charge < -0.3 is 4.74 Å². The molecule has 1 fully saturated rings. The number of ether oxygens (including phenoxy) is 1. The van der Waals surface area contributed by atoms with Crippen LogP contribution in [0.5, 0.6) is 5.75 Å². The minimum absolute atomic E-state index is 0.368. The molecule has 17 heavy (non-hydrogen) atoms. The van der Waals surface area contributed by atoms with E-state index in [1.54, 1.807) is 7.11 Å². The lowest BCUT2D eigenvalue weighted by atomic mass is 9.84. The summed E-state index contributed by atoms with van der Waals surface area (Å²) in [7, 11) is 1.66. The monoisotopic (exact) mass is 230 g/mol. The Morgan fingerprint density at radius 2 is 2.12 bits per heavy atom. The fourth-order valence-electron chi connectivity index (χ4n) is 2.35. The Hall–Kier alpha value is -1.53. The number of nitrogens with zero attached hydrogens (tertiary/aromatic N) is 1. The summed E-state index contributed by atoms with van der Waals surface area (Å²) >= 11 is 0. The Labute approximate surface area is 102 Å². The minimum Gasteiger partial charge on any atom is -0.497 e. The van der Waals surface area contributed by atoms with Crippen molar-refractivity contribution in [3.63, 3.8) is 0 Å². The van der Waals surface area contributed by atoms with Gasteiger partial charge in [0.1, 0.15) is 11.3 Å². The average Bonchev–Trinajstić information content (AvgIpc) is 2.41. The van der Waals surface area contributed by atoms with Gasteiger partial charge in [-0.05, 0) is 43.5 Å². The Bertz CT molecular complexity index is 399. The summed E-state index contributed by atoms with van der Waals surface area (Å²) in [5.74, 6) is 0.858. The van der Waals surface area contributed by atoms with Gasteiger partial charge in [0.15, 0.2) is 0 Å². The maximum absolute atomic E-state index is 9.37. The molecule has 1 N–H and O–H groups in total. The summed E-state index contributed by atoms with van der Waals surface area (Å²) in [6.07, 6.45) is 4.02. The molecule has 0 amide bonds. The molecule has 0 spiro atoms. The first-order valence-corrected chi connectivity index (χ1v) is 6.07. The van der Waals surface area contributed by atoms with Crippen LogP contribution in [-0.2, 0) is 6.42 Å². The molecule has 2 rings (SSSR count). The van der Waals surface area contributed by atoms with Gasteiger partial charge in [0, 0.05) is 6.42 Å². The lowest BCUT2D eigenvalue weighted by Crippen LogP contribution is -2.49. The van der Waals surface area contributed by atoms with Gasteiger partial charge >= 0.3 is 0 Å². The largest absolute Gasteiger partial charge is 0.497 e. The minimum atomic E-state index is -0.368. The number of hydrogen-bond donors (Lipinski definition) is 1. The van der Waals surface area contributed by atoms with Crippen LogP contribution in [0.3, 0.4) is 0 Å². The topological polar surface area (TPSA) is 45.0 Å². The van der Waals surface area contributed by atoms with Crippen molar-refractivity contribution < 1.29 is 4.74 Å². The third-order valence-corrected chi connectivity index (χ3v) is 3.37. The molecule has 1 aliphatic rings. The predicted molar refractivity (Wildman–Crippen MR) is 66.9 cm³/mol. The standard InChI is InChI=1S/C14H18N2O/c1-17-13-6-4-12(5-7-13)10-14(11-15)8-2-3-9-16-14/h4-7,16H,2-3,8-10H2,1H3. The van der Waals surface area contributed by atoms with Crippen LogP contribution < -0.4 is 10.1 Å². The number of nitriles is 1. The zero-order valence-electron chi connectivity index (χ0n) is 10.2. The van der Waals surface area contributed by atoms with Crippen LogP contribution in [-0.4, -0.2) is 19.2 Å². The summed E-state index contributed by atoms with van der Waals surface area (Å²) in [5, 5.41) is 12.7. The summed E-state index contributed by atoms with van der Waals surface area (Å²) in [4.78, 5) is 0. The number of hydrogen-bond acceptors (Lipinski definition) is 3. The maximum Gasteiger partial charge on any atom is 0.118 e. The highest BCUT2D eigenvalue weighted by molar-refractivity contribution is 5.30. The van der Waals surface area contributed by atoms with Crippen LogP contribution in [0.1, 0.15) is 24.8 Å². The van der Waals surface area contributed by atoms with Gasteiger partial charge in [-0.1, -0.05) is 12.1 Å². The van der Waals surface area contributed by atoms with Gasteiger partial charge in [-0.25, -0.2) is 0 Å². The molecular weight excluding hydrogens is 212 g/mol. The number of rotatable bonds is 3. The first-order chi connectivity index (χ1) is 8.28. The van der Waals surface area contributed by atoms with E-state index in [2.05, 4.69) is 11.4 Å². The summed E-state index contributed by atoms with van der Waals surface area (Å²) < 4.78 is 5.13. The molecule has 0 aromatic heterocycles. The SMILES string of the molecule is COc1ccc(CC2(C#N)CCCCN2)cc1. The smallest absolute Gasteiger partial charge is 0.118 e. The van der Waals surface area contributed by atoms with E-state index in [4.69, 9.17) is 4.74 Å². The average molecular weight is 230 g/mol. The van der Waals surface area contributed by atoms with Crippen molar-refractivity contribution in [1.82, 2.24) is 5.32 Å². The van der Waals surface area contributed by atoms with Crippen LogP contribution in [0.2, 0.25) is 0 Å². The number of methoxy groups -OCH3 is 1. The van der Waals surface area contributed by atoms with E-state index >= 15 is 0 Å². The van der Waals surface area contributed by atoms with Crippen LogP contribution in [0, 0.1) is 11.3 Å². The highest BCUT2D eigenvalue weighted by atomic mass is 16.5. The summed E-state index contributed by atoms with van der Waals surface area (Å²) in [5.41, 5.74) is 0.814.